The fourth-order valence-electron chi connectivity index (χ4n) is 1.35. The van der Waals surface area contributed by atoms with Crippen LogP contribution < -0.4 is 10.6 Å². The van der Waals surface area contributed by atoms with Crippen LogP contribution in [-0.4, -0.2) is 38.6 Å². The number of carboxylic acid groups (broad SMARTS) is 1. The molecular weight excluding hydrogens is 281 g/mol. The molecule has 0 saturated heterocycles. The molecule has 1 aromatic heterocycles. The average Bonchev–Trinajstić information content (AvgIpc) is 2.54. The summed E-state index contributed by atoms with van der Waals surface area (Å²) >= 11 is 0. The minimum Gasteiger partial charge on any atom is -0.479 e. The van der Waals surface area contributed by atoms with Crippen LogP contribution in [0.25, 0.3) is 0 Å². The second-order valence-corrected chi connectivity index (χ2v) is 4.31. The quantitative estimate of drug-likeness (QED) is 0.781. The summed E-state index contributed by atoms with van der Waals surface area (Å²) in [5.74, 6) is -2.21. The van der Waals surface area contributed by atoms with E-state index in [1.807, 2.05) is 0 Å². The highest BCUT2D eigenvalue weighted by Crippen LogP contribution is 2.30. The van der Waals surface area contributed by atoms with Crippen LogP contribution in [0.15, 0.2) is 6.20 Å². The minimum absolute atomic E-state index is 0.180. The van der Waals surface area contributed by atoms with Crippen LogP contribution >= 0.6 is 0 Å². The number of hydrogen-bond donors (Lipinski definition) is 3. The fourth-order valence-corrected chi connectivity index (χ4v) is 1.35. The van der Waals surface area contributed by atoms with E-state index in [1.165, 1.54) is 23.1 Å². The number of carbonyl (C=O) groups excluding carboxylic acids is 1. The highest BCUT2D eigenvalue weighted by atomic mass is 19.4. The van der Waals surface area contributed by atoms with Gasteiger partial charge in [-0.05, 0) is 13.8 Å². The van der Waals surface area contributed by atoms with Gasteiger partial charge in [-0.3, -0.25) is 4.68 Å². The lowest BCUT2D eigenvalue weighted by Gasteiger charge is -2.28. The van der Waals surface area contributed by atoms with E-state index in [0.29, 0.717) is 12.6 Å². The lowest BCUT2D eigenvalue weighted by Crippen LogP contribution is -2.62. The molecule has 1 heterocycles. The van der Waals surface area contributed by atoms with Crippen molar-refractivity contribution in [3.05, 3.63) is 11.9 Å². The van der Waals surface area contributed by atoms with Crippen molar-refractivity contribution in [3.63, 3.8) is 0 Å². The Hall–Kier alpha value is -2.26. The van der Waals surface area contributed by atoms with Gasteiger partial charge >= 0.3 is 18.2 Å². The Bertz CT molecular complexity index is 540. The molecular formula is C10H13F3N4O3. The highest BCUT2D eigenvalue weighted by molar-refractivity contribution is 5.94. The molecule has 7 nitrogen and oxygen atoms in total. The van der Waals surface area contributed by atoms with Crippen LogP contribution in [0.2, 0.25) is 0 Å². The number of aromatic nitrogens is 2. The number of nitrogens with zero attached hydrogens (tertiary/aromatic N) is 2. The third-order valence-electron chi connectivity index (χ3n) is 2.62. The number of carboxylic acids is 1. The van der Waals surface area contributed by atoms with Crippen molar-refractivity contribution in [2.75, 3.05) is 5.32 Å². The summed E-state index contributed by atoms with van der Waals surface area (Å²) in [5, 5.41) is 16.1. The van der Waals surface area contributed by atoms with Crippen molar-refractivity contribution in [2.45, 2.75) is 25.6 Å². The Morgan fingerprint density at radius 1 is 1.40 bits per heavy atom. The van der Waals surface area contributed by atoms with Crippen molar-refractivity contribution < 1.29 is 27.9 Å². The first-order chi connectivity index (χ1) is 8.97. The van der Waals surface area contributed by atoms with Gasteiger partial charge < -0.3 is 15.7 Å². The molecule has 112 valence electrons. The summed E-state index contributed by atoms with van der Waals surface area (Å²) in [6.07, 6.45) is -3.76. The summed E-state index contributed by atoms with van der Waals surface area (Å²) in [6.45, 7) is 1.90. The number of anilines is 1. The lowest BCUT2D eigenvalue weighted by atomic mass is 10.0. The Morgan fingerprint density at radius 3 is 2.30 bits per heavy atom. The van der Waals surface area contributed by atoms with Crippen molar-refractivity contribution in [2.24, 2.45) is 7.05 Å². The Balaban J connectivity index is 2.89. The second-order valence-electron chi connectivity index (χ2n) is 4.31. The molecule has 10 heteroatoms. The monoisotopic (exact) mass is 294 g/mol. The summed E-state index contributed by atoms with van der Waals surface area (Å²) in [4.78, 5) is 22.3. The number of amides is 2. The second kappa shape index (κ2) is 5.02. The zero-order chi connectivity index (χ0) is 15.7. The molecule has 0 fully saturated rings. The van der Waals surface area contributed by atoms with E-state index < -0.39 is 23.7 Å². The molecule has 0 bridgehead atoms. The molecule has 0 spiro atoms. The number of alkyl halides is 3. The van der Waals surface area contributed by atoms with Crippen molar-refractivity contribution in [3.8, 4) is 0 Å². The molecule has 0 aliphatic rings. The predicted octanol–water partition coefficient (Wildman–Crippen LogP) is 1.26. The molecule has 0 aromatic carbocycles. The maximum absolute atomic E-state index is 12.7. The van der Waals surface area contributed by atoms with Crippen LogP contribution in [0, 0.1) is 6.92 Å². The Kier molecular flexibility index (Phi) is 3.97. The van der Waals surface area contributed by atoms with E-state index in [4.69, 9.17) is 5.11 Å². The molecule has 20 heavy (non-hydrogen) atoms. The van der Waals surface area contributed by atoms with Gasteiger partial charge in [0.15, 0.2) is 0 Å². The van der Waals surface area contributed by atoms with E-state index in [0.717, 1.165) is 0 Å². The number of hydrogen-bond acceptors (Lipinski definition) is 3. The lowest BCUT2D eigenvalue weighted by molar-refractivity contribution is -0.203. The van der Waals surface area contributed by atoms with E-state index >= 15 is 0 Å². The fraction of sp³-hybridized carbons (Fsp3) is 0.500. The molecule has 0 aliphatic carbocycles. The first-order valence-corrected chi connectivity index (χ1v) is 5.37. The molecule has 3 N–H and O–H groups in total. The number of aryl methyl sites for hydroxylation is 2. The van der Waals surface area contributed by atoms with Gasteiger partial charge in [0.2, 0.25) is 5.54 Å². The molecule has 1 aromatic rings. The van der Waals surface area contributed by atoms with Crippen molar-refractivity contribution in [1.82, 2.24) is 15.1 Å². The van der Waals surface area contributed by atoms with Gasteiger partial charge in [0.1, 0.15) is 0 Å². The first-order valence-electron chi connectivity index (χ1n) is 5.37. The van der Waals surface area contributed by atoms with Crippen molar-refractivity contribution in [1.29, 1.82) is 0 Å². The highest BCUT2D eigenvalue weighted by Gasteiger charge is 2.58. The number of carbonyl (C=O) groups is 2. The molecule has 2 amide bonds. The largest absolute Gasteiger partial charge is 0.479 e. The average molecular weight is 294 g/mol. The number of aliphatic carboxylic acids is 1. The molecule has 0 aliphatic heterocycles. The smallest absolute Gasteiger partial charge is 0.422 e. The van der Waals surface area contributed by atoms with Crippen molar-refractivity contribution >= 4 is 17.7 Å². The van der Waals surface area contributed by atoms with E-state index in [9.17, 15) is 22.8 Å². The minimum atomic E-state index is -5.14. The summed E-state index contributed by atoms with van der Waals surface area (Å²) in [7, 11) is 1.56. The van der Waals surface area contributed by atoms with E-state index in [-0.39, 0.29) is 5.69 Å². The predicted molar refractivity (Wildman–Crippen MR) is 62.2 cm³/mol. The van der Waals surface area contributed by atoms with Crippen LogP contribution in [0.4, 0.5) is 23.7 Å². The van der Waals surface area contributed by atoms with Gasteiger partial charge in [-0.1, -0.05) is 0 Å². The van der Waals surface area contributed by atoms with Gasteiger partial charge in [-0.2, -0.15) is 18.3 Å². The molecule has 0 saturated carbocycles. The number of rotatable bonds is 3. The zero-order valence-electron chi connectivity index (χ0n) is 10.9. The van der Waals surface area contributed by atoms with Gasteiger partial charge in [0, 0.05) is 13.2 Å². The van der Waals surface area contributed by atoms with Crippen LogP contribution in [0.1, 0.15) is 12.6 Å². The molecule has 1 atom stereocenters. The standard InChI is InChI=1S/C10H13F3N4O3/c1-5-6(4-17(3)16-5)14-8(20)15-9(2,7(18)19)10(11,12)13/h4H,1-3H3,(H,18,19)(H2,14,15,20). The maximum atomic E-state index is 12.7. The number of urea groups is 1. The Morgan fingerprint density at radius 2 is 1.95 bits per heavy atom. The van der Waals surface area contributed by atoms with Crippen LogP contribution in [0.3, 0.4) is 0 Å². The molecule has 1 unspecified atom stereocenters. The SMILES string of the molecule is Cc1nn(C)cc1NC(=O)NC(C)(C(=O)O)C(F)(F)F. The number of nitrogens with one attached hydrogen (secondary N) is 2. The topological polar surface area (TPSA) is 96.3 Å². The Labute approximate surface area is 111 Å². The molecule has 1 rings (SSSR count). The summed E-state index contributed by atoms with van der Waals surface area (Å²) < 4.78 is 39.4. The van der Waals surface area contributed by atoms with Crippen LogP contribution in [0.5, 0.6) is 0 Å². The van der Waals surface area contributed by atoms with Gasteiger partial charge in [0.05, 0.1) is 11.4 Å². The van der Waals surface area contributed by atoms with Gasteiger partial charge in [-0.15, -0.1) is 0 Å². The van der Waals surface area contributed by atoms with Gasteiger partial charge in [0.25, 0.3) is 0 Å². The summed E-state index contributed by atoms with van der Waals surface area (Å²) in [6, 6.07) is -1.29. The zero-order valence-corrected chi connectivity index (χ0v) is 10.9. The van der Waals surface area contributed by atoms with Gasteiger partial charge in [-0.25, -0.2) is 9.59 Å². The van der Waals surface area contributed by atoms with Crippen LogP contribution in [-0.2, 0) is 11.8 Å². The summed E-state index contributed by atoms with van der Waals surface area (Å²) in [5.41, 5.74) is -2.82. The van der Waals surface area contributed by atoms with E-state index in [1.54, 1.807) is 7.05 Å². The molecule has 0 radical (unpaired) electrons. The van der Waals surface area contributed by atoms with E-state index in [2.05, 4.69) is 10.4 Å². The number of halogens is 3. The first kappa shape index (κ1) is 15.8. The third kappa shape index (κ3) is 3.00. The third-order valence-corrected chi connectivity index (χ3v) is 2.62. The maximum Gasteiger partial charge on any atom is 0.422 e. The normalized spacial score (nSPS) is 14.5.